The van der Waals surface area contributed by atoms with Crippen LogP contribution in [0.3, 0.4) is 0 Å². The lowest BCUT2D eigenvalue weighted by atomic mass is 10.0. The maximum absolute atomic E-state index is 13.0. The molecule has 0 aromatic carbocycles. The third-order valence-corrected chi connectivity index (χ3v) is 17.2. The number of phosphoric ester groups is 1. The molecular formula is C68H138N2O6P+. The summed E-state index contributed by atoms with van der Waals surface area (Å²) in [5, 5.41) is 14.0. The van der Waals surface area contributed by atoms with Gasteiger partial charge in [-0.2, -0.15) is 0 Å². The van der Waals surface area contributed by atoms with E-state index >= 15 is 0 Å². The van der Waals surface area contributed by atoms with Crippen LogP contribution in [-0.2, 0) is 18.4 Å². The van der Waals surface area contributed by atoms with Crippen molar-refractivity contribution in [1.29, 1.82) is 0 Å². The number of carbonyl (C=O) groups excluding carboxylic acids is 1. The number of nitrogens with zero attached hydrogens (tertiary/aromatic N) is 1. The van der Waals surface area contributed by atoms with Crippen LogP contribution >= 0.6 is 7.82 Å². The Hall–Kier alpha value is -0.760. The Morgan fingerprint density at radius 3 is 0.961 bits per heavy atom. The van der Waals surface area contributed by atoms with Crippen LogP contribution in [0.2, 0.25) is 0 Å². The maximum atomic E-state index is 13.0. The first-order valence-electron chi connectivity index (χ1n) is 34.6. The molecule has 77 heavy (non-hydrogen) atoms. The van der Waals surface area contributed by atoms with Crippen LogP contribution in [0.1, 0.15) is 367 Å². The normalized spacial score (nSPS) is 13.7. The highest BCUT2D eigenvalue weighted by Gasteiger charge is 2.28. The number of amides is 1. The molecule has 0 rings (SSSR count). The third-order valence-electron chi connectivity index (χ3n) is 16.3. The summed E-state index contributed by atoms with van der Waals surface area (Å²) in [7, 11) is 1.60. The zero-order valence-corrected chi connectivity index (χ0v) is 53.6. The predicted molar refractivity (Wildman–Crippen MR) is 337 cm³/mol. The molecule has 3 N–H and O–H groups in total. The molecule has 0 aromatic rings. The van der Waals surface area contributed by atoms with Gasteiger partial charge in [-0.3, -0.25) is 13.8 Å². The first kappa shape index (κ1) is 76.2. The Morgan fingerprint density at radius 1 is 0.429 bits per heavy atom. The number of hydrogen-bond acceptors (Lipinski definition) is 5. The van der Waals surface area contributed by atoms with Gasteiger partial charge in [-0.1, -0.05) is 353 Å². The lowest BCUT2D eigenvalue weighted by Gasteiger charge is -2.25. The maximum Gasteiger partial charge on any atom is 0.472 e. The Bertz CT molecular complexity index is 1260. The zero-order chi connectivity index (χ0) is 56.3. The second-order valence-electron chi connectivity index (χ2n) is 25.3. The second-order valence-corrected chi connectivity index (χ2v) is 26.7. The lowest BCUT2D eigenvalue weighted by Crippen LogP contribution is -2.45. The van der Waals surface area contributed by atoms with Crippen molar-refractivity contribution in [2.45, 2.75) is 379 Å². The van der Waals surface area contributed by atoms with Crippen LogP contribution in [0.15, 0.2) is 12.2 Å². The van der Waals surface area contributed by atoms with E-state index in [1.165, 1.54) is 315 Å². The van der Waals surface area contributed by atoms with Crippen molar-refractivity contribution >= 4 is 13.7 Å². The lowest BCUT2D eigenvalue weighted by molar-refractivity contribution is -0.870. The van der Waals surface area contributed by atoms with Gasteiger partial charge in [0.1, 0.15) is 13.2 Å². The third kappa shape index (κ3) is 62.7. The standard InChI is InChI=1S/C68H137N2O6P/c1-6-8-10-12-14-16-18-20-22-24-26-28-30-32-34-36-37-39-41-43-45-47-49-51-53-55-57-59-61-67(71)66(65-76-77(73,74)75-64-63-70(3,4)5)69-68(72)62-60-58-56-54-52-50-48-46-44-42-40-38-35-33-31-29-27-25-23-21-19-17-15-13-11-9-7-2/h59,61,66-67,71H,6-58,60,62-65H2,1-5H3,(H-,69,72,73,74)/p+1/b61-59+. The number of likely N-dealkylation sites (N-methyl/N-ethyl adjacent to an activating group) is 1. The molecule has 0 heterocycles. The van der Waals surface area contributed by atoms with Gasteiger partial charge in [-0.25, -0.2) is 4.57 Å². The highest BCUT2D eigenvalue weighted by atomic mass is 31.2. The van der Waals surface area contributed by atoms with E-state index in [9.17, 15) is 19.4 Å². The number of nitrogens with one attached hydrogen (secondary N) is 1. The fourth-order valence-corrected chi connectivity index (χ4v) is 11.6. The molecule has 3 unspecified atom stereocenters. The largest absolute Gasteiger partial charge is 0.472 e. The Kier molecular flexibility index (Phi) is 59.3. The first-order chi connectivity index (χ1) is 37.5. The van der Waals surface area contributed by atoms with Gasteiger partial charge in [0.2, 0.25) is 5.91 Å². The van der Waals surface area contributed by atoms with Crippen molar-refractivity contribution in [3.05, 3.63) is 12.2 Å². The van der Waals surface area contributed by atoms with Crippen molar-refractivity contribution in [3.63, 3.8) is 0 Å². The molecule has 0 aliphatic rings. The number of allylic oxidation sites excluding steroid dienone is 1. The number of carbonyl (C=O) groups is 1. The molecule has 9 heteroatoms. The monoisotopic (exact) mass is 1110 g/mol. The van der Waals surface area contributed by atoms with Crippen LogP contribution in [0.4, 0.5) is 0 Å². The summed E-state index contributed by atoms with van der Waals surface area (Å²) >= 11 is 0. The molecule has 0 aliphatic carbocycles. The molecule has 3 atom stereocenters. The molecule has 0 radical (unpaired) electrons. The molecule has 1 amide bonds. The fraction of sp³-hybridized carbons (Fsp3) is 0.956. The summed E-state index contributed by atoms with van der Waals surface area (Å²) in [5.41, 5.74) is 0. The molecule has 0 saturated heterocycles. The van der Waals surface area contributed by atoms with Crippen LogP contribution in [0.5, 0.6) is 0 Å². The van der Waals surface area contributed by atoms with Gasteiger partial charge in [-0.15, -0.1) is 0 Å². The smallest absolute Gasteiger partial charge is 0.387 e. The Labute approximate surface area is 482 Å². The average Bonchev–Trinajstić information content (AvgIpc) is 3.39. The van der Waals surface area contributed by atoms with Crippen LogP contribution in [-0.4, -0.2) is 73.4 Å². The van der Waals surface area contributed by atoms with Gasteiger partial charge >= 0.3 is 7.82 Å². The van der Waals surface area contributed by atoms with Crippen molar-refractivity contribution in [2.75, 3.05) is 40.9 Å². The van der Waals surface area contributed by atoms with Gasteiger partial charge in [0.05, 0.1) is 39.9 Å². The average molecular weight is 1110 g/mol. The van der Waals surface area contributed by atoms with E-state index in [0.717, 1.165) is 32.1 Å². The highest BCUT2D eigenvalue weighted by molar-refractivity contribution is 7.47. The van der Waals surface area contributed by atoms with E-state index in [0.29, 0.717) is 17.4 Å². The van der Waals surface area contributed by atoms with E-state index in [2.05, 4.69) is 19.2 Å². The van der Waals surface area contributed by atoms with Crippen molar-refractivity contribution in [2.24, 2.45) is 0 Å². The molecule has 0 aliphatic heterocycles. The highest BCUT2D eigenvalue weighted by Crippen LogP contribution is 2.43. The molecule has 0 bridgehead atoms. The quantitative estimate of drug-likeness (QED) is 0.0243. The van der Waals surface area contributed by atoms with E-state index in [-0.39, 0.29) is 19.1 Å². The molecule has 460 valence electrons. The van der Waals surface area contributed by atoms with Crippen molar-refractivity contribution in [3.8, 4) is 0 Å². The van der Waals surface area contributed by atoms with E-state index in [4.69, 9.17) is 9.05 Å². The first-order valence-corrected chi connectivity index (χ1v) is 36.1. The molecule has 0 saturated carbocycles. The number of hydrogen-bond donors (Lipinski definition) is 3. The summed E-state index contributed by atoms with van der Waals surface area (Å²) in [5.74, 6) is -0.167. The number of rotatable bonds is 65. The predicted octanol–water partition coefficient (Wildman–Crippen LogP) is 21.7. The molecule has 0 aromatic heterocycles. The minimum Gasteiger partial charge on any atom is -0.387 e. The van der Waals surface area contributed by atoms with Gasteiger partial charge in [0.25, 0.3) is 0 Å². The van der Waals surface area contributed by atoms with Gasteiger partial charge < -0.3 is 19.8 Å². The number of unbranched alkanes of at least 4 members (excludes halogenated alkanes) is 52. The molecule has 8 nitrogen and oxygen atoms in total. The molecule has 0 fully saturated rings. The van der Waals surface area contributed by atoms with Crippen LogP contribution in [0.25, 0.3) is 0 Å². The van der Waals surface area contributed by atoms with Crippen LogP contribution in [0, 0.1) is 0 Å². The van der Waals surface area contributed by atoms with Gasteiger partial charge in [0.15, 0.2) is 0 Å². The Morgan fingerprint density at radius 2 is 0.688 bits per heavy atom. The number of aliphatic hydroxyl groups is 1. The van der Waals surface area contributed by atoms with E-state index < -0.39 is 20.0 Å². The molecular weight excluding hydrogens is 972 g/mol. The van der Waals surface area contributed by atoms with Crippen molar-refractivity contribution < 1.29 is 32.9 Å². The SMILES string of the molecule is CCCCCCCCCCCCCCCCCCCCCCCCCCCC/C=C/C(O)C(COP(=O)(O)OCC[N+](C)(C)C)NC(=O)CCCCCCCCCCCCCCCCCCCCCCCCCCCCC. The van der Waals surface area contributed by atoms with Gasteiger partial charge in [0, 0.05) is 6.42 Å². The summed E-state index contributed by atoms with van der Waals surface area (Å²) in [6, 6.07) is -0.843. The summed E-state index contributed by atoms with van der Waals surface area (Å²) < 4.78 is 23.8. The number of quaternary nitrogens is 1. The minimum absolute atomic E-state index is 0.0655. The summed E-state index contributed by atoms with van der Waals surface area (Å²) in [4.78, 5) is 23.4. The van der Waals surface area contributed by atoms with Crippen molar-refractivity contribution in [1.82, 2.24) is 5.32 Å². The zero-order valence-electron chi connectivity index (χ0n) is 52.7. The number of phosphoric acid groups is 1. The minimum atomic E-state index is -4.35. The van der Waals surface area contributed by atoms with Gasteiger partial charge in [-0.05, 0) is 19.3 Å². The molecule has 0 spiro atoms. The van der Waals surface area contributed by atoms with E-state index in [1.54, 1.807) is 6.08 Å². The second kappa shape index (κ2) is 59.8. The summed E-state index contributed by atoms with van der Waals surface area (Å²) in [6.07, 6.45) is 76.4. The number of aliphatic hydroxyl groups excluding tert-OH is 1. The van der Waals surface area contributed by atoms with Crippen LogP contribution < -0.4 is 5.32 Å². The Balaban J connectivity index is 4.05. The van der Waals surface area contributed by atoms with E-state index in [1.807, 2.05) is 27.2 Å². The topological polar surface area (TPSA) is 105 Å². The summed E-state index contributed by atoms with van der Waals surface area (Å²) in [6.45, 7) is 4.89. The fourth-order valence-electron chi connectivity index (χ4n) is 10.9.